The molecule has 0 bridgehead atoms. The molecular formula is C22H27N3O2S. The Kier molecular flexibility index (Phi) is 7.12. The molecule has 0 saturated heterocycles. The van der Waals surface area contributed by atoms with Crippen molar-refractivity contribution in [1.82, 2.24) is 14.3 Å². The number of imidazole rings is 1. The summed E-state index contributed by atoms with van der Waals surface area (Å²) in [6.07, 6.45) is 4.06. The summed E-state index contributed by atoms with van der Waals surface area (Å²) >= 11 is 1.72. The molecule has 28 heavy (non-hydrogen) atoms. The Morgan fingerprint density at radius 3 is 2.68 bits per heavy atom. The van der Waals surface area contributed by atoms with Gasteiger partial charge in [0.1, 0.15) is 5.65 Å². The number of carbonyl (C=O) groups excluding carboxylic acids is 1. The van der Waals surface area contributed by atoms with Crippen LogP contribution in [0.15, 0.2) is 59.8 Å². The predicted octanol–water partition coefficient (Wildman–Crippen LogP) is 4.37. The minimum Gasteiger partial charge on any atom is -0.383 e. The average molecular weight is 398 g/mol. The Balaban J connectivity index is 1.62. The molecule has 0 aliphatic rings. The summed E-state index contributed by atoms with van der Waals surface area (Å²) in [5, 5.41) is 0. The number of pyridine rings is 1. The molecule has 1 aromatic carbocycles. The number of aromatic nitrogens is 2. The first kappa shape index (κ1) is 20.4. The van der Waals surface area contributed by atoms with Crippen LogP contribution in [0.5, 0.6) is 0 Å². The summed E-state index contributed by atoms with van der Waals surface area (Å²) in [7, 11) is 1.66. The first-order chi connectivity index (χ1) is 13.6. The summed E-state index contributed by atoms with van der Waals surface area (Å²) in [6.45, 7) is 6.12. The van der Waals surface area contributed by atoms with Crippen LogP contribution in [0.4, 0.5) is 0 Å². The van der Waals surface area contributed by atoms with Gasteiger partial charge in [0.15, 0.2) is 0 Å². The Morgan fingerprint density at radius 2 is 2.00 bits per heavy atom. The third kappa shape index (κ3) is 5.36. The number of nitrogens with zero attached hydrogens (tertiary/aromatic N) is 3. The second kappa shape index (κ2) is 9.75. The first-order valence-corrected chi connectivity index (χ1v) is 10.5. The fraction of sp³-hybridized carbons (Fsp3) is 0.364. The Labute approximate surface area is 170 Å². The second-order valence-electron chi connectivity index (χ2n) is 7.15. The van der Waals surface area contributed by atoms with Crippen molar-refractivity contribution in [3.63, 3.8) is 0 Å². The zero-order valence-electron chi connectivity index (χ0n) is 16.7. The maximum absolute atomic E-state index is 12.8. The van der Waals surface area contributed by atoms with Gasteiger partial charge < -0.3 is 14.0 Å². The maximum Gasteiger partial charge on any atom is 0.253 e. The minimum absolute atomic E-state index is 0.0580. The number of ether oxygens (including phenoxy) is 1. The van der Waals surface area contributed by atoms with E-state index in [9.17, 15) is 4.79 Å². The molecule has 1 amide bonds. The number of carbonyl (C=O) groups is 1. The molecule has 0 unspecified atom stereocenters. The van der Waals surface area contributed by atoms with Crippen LogP contribution in [0.1, 0.15) is 29.9 Å². The topological polar surface area (TPSA) is 46.8 Å². The van der Waals surface area contributed by atoms with Crippen LogP contribution in [-0.2, 0) is 10.5 Å². The highest BCUT2D eigenvalue weighted by Gasteiger charge is 2.16. The van der Waals surface area contributed by atoms with Crippen LogP contribution in [0.2, 0.25) is 0 Å². The first-order valence-electron chi connectivity index (χ1n) is 9.50. The lowest BCUT2D eigenvalue weighted by Gasteiger charge is -2.24. The minimum atomic E-state index is 0.0580. The van der Waals surface area contributed by atoms with E-state index in [1.165, 1.54) is 0 Å². The van der Waals surface area contributed by atoms with Crippen LogP contribution in [0, 0.1) is 5.92 Å². The highest BCUT2D eigenvalue weighted by molar-refractivity contribution is 7.98. The van der Waals surface area contributed by atoms with Gasteiger partial charge in [-0.3, -0.25) is 4.79 Å². The number of rotatable bonds is 9. The normalized spacial score (nSPS) is 11.3. The molecule has 3 aromatic rings. The number of hydrogen-bond donors (Lipinski definition) is 0. The summed E-state index contributed by atoms with van der Waals surface area (Å²) in [5.41, 5.74) is 2.72. The molecule has 0 N–H and O–H groups in total. The molecule has 5 nitrogen and oxygen atoms in total. The van der Waals surface area contributed by atoms with Gasteiger partial charge in [0, 0.05) is 48.8 Å². The van der Waals surface area contributed by atoms with Crippen molar-refractivity contribution in [2.75, 3.05) is 26.8 Å². The fourth-order valence-electron chi connectivity index (χ4n) is 3.01. The number of thioether (sulfide) groups is 1. The second-order valence-corrected chi connectivity index (χ2v) is 8.20. The monoisotopic (exact) mass is 397 g/mol. The molecule has 0 aliphatic heterocycles. The van der Waals surface area contributed by atoms with E-state index in [0.717, 1.165) is 28.5 Å². The van der Waals surface area contributed by atoms with Crippen LogP contribution < -0.4 is 0 Å². The van der Waals surface area contributed by atoms with E-state index < -0.39 is 0 Å². The van der Waals surface area contributed by atoms with E-state index in [1.54, 1.807) is 18.9 Å². The predicted molar refractivity (Wildman–Crippen MR) is 114 cm³/mol. The summed E-state index contributed by atoms with van der Waals surface area (Å²) in [5.74, 6) is 1.27. The third-order valence-electron chi connectivity index (χ3n) is 4.34. The molecular weight excluding hydrogens is 370 g/mol. The lowest BCUT2D eigenvalue weighted by molar-refractivity contribution is 0.0672. The van der Waals surface area contributed by atoms with Gasteiger partial charge in [-0.05, 0) is 42.3 Å². The molecule has 0 aliphatic carbocycles. The highest BCUT2D eigenvalue weighted by Crippen LogP contribution is 2.23. The molecule has 6 heteroatoms. The highest BCUT2D eigenvalue weighted by atomic mass is 32.2. The zero-order chi connectivity index (χ0) is 19.9. The van der Waals surface area contributed by atoms with Crippen LogP contribution in [0.3, 0.4) is 0 Å². The molecule has 0 spiro atoms. The van der Waals surface area contributed by atoms with Crippen molar-refractivity contribution in [2.45, 2.75) is 24.5 Å². The van der Waals surface area contributed by atoms with Crippen molar-refractivity contribution in [3.05, 3.63) is 66.1 Å². The Bertz CT molecular complexity index is 873. The van der Waals surface area contributed by atoms with E-state index in [1.807, 2.05) is 58.0 Å². The zero-order valence-corrected chi connectivity index (χ0v) is 17.5. The van der Waals surface area contributed by atoms with Crippen LogP contribution in [0.25, 0.3) is 5.65 Å². The number of benzene rings is 1. The maximum atomic E-state index is 12.8. The number of methoxy groups -OCH3 is 1. The Hall–Kier alpha value is -2.31. The van der Waals surface area contributed by atoms with Crippen molar-refractivity contribution in [2.24, 2.45) is 5.92 Å². The summed E-state index contributed by atoms with van der Waals surface area (Å²) in [6, 6.07) is 13.8. The standard InChI is InChI=1S/C22H27N3O2S/c1-17(2)14-25(12-13-27-3)22(26)18-7-9-20(10-8-18)28-16-19-15-24-11-5-4-6-21(24)23-19/h4-11,15,17H,12-14,16H2,1-3H3. The van der Waals surface area contributed by atoms with Gasteiger partial charge >= 0.3 is 0 Å². The quantitative estimate of drug-likeness (QED) is 0.503. The van der Waals surface area contributed by atoms with Crippen LogP contribution in [-0.4, -0.2) is 47.0 Å². The van der Waals surface area contributed by atoms with Crippen LogP contribution >= 0.6 is 11.8 Å². The Morgan fingerprint density at radius 1 is 1.21 bits per heavy atom. The molecule has 0 atom stereocenters. The third-order valence-corrected chi connectivity index (χ3v) is 5.39. The average Bonchev–Trinajstić information content (AvgIpc) is 3.12. The van der Waals surface area contributed by atoms with Gasteiger partial charge in [0.25, 0.3) is 5.91 Å². The SMILES string of the molecule is COCCN(CC(C)C)C(=O)c1ccc(SCc2cn3ccccc3n2)cc1. The van der Waals surface area contributed by atoms with Gasteiger partial charge in [-0.2, -0.15) is 0 Å². The molecule has 148 valence electrons. The molecule has 0 radical (unpaired) electrons. The van der Waals surface area contributed by atoms with E-state index in [-0.39, 0.29) is 5.91 Å². The molecule has 3 rings (SSSR count). The molecule has 0 saturated carbocycles. The van der Waals surface area contributed by atoms with E-state index in [2.05, 4.69) is 25.0 Å². The lowest BCUT2D eigenvalue weighted by atomic mass is 10.1. The van der Waals surface area contributed by atoms with E-state index >= 15 is 0 Å². The van der Waals surface area contributed by atoms with Gasteiger partial charge in [0.2, 0.25) is 0 Å². The summed E-state index contributed by atoms with van der Waals surface area (Å²) in [4.78, 5) is 20.4. The van der Waals surface area contributed by atoms with E-state index in [0.29, 0.717) is 24.6 Å². The molecule has 2 heterocycles. The largest absolute Gasteiger partial charge is 0.383 e. The fourth-order valence-corrected chi connectivity index (χ4v) is 3.79. The summed E-state index contributed by atoms with van der Waals surface area (Å²) < 4.78 is 7.18. The molecule has 2 aromatic heterocycles. The number of amides is 1. The number of fused-ring (bicyclic) bond motifs is 1. The van der Waals surface area contributed by atoms with Crippen molar-refractivity contribution in [1.29, 1.82) is 0 Å². The van der Waals surface area contributed by atoms with Gasteiger partial charge in [0.05, 0.1) is 12.3 Å². The number of hydrogen-bond acceptors (Lipinski definition) is 4. The smallest absolute Gasteiger partial charge is 0.253 e. The lowest BCUT2D eigenvalue weighted by Crippen LogP contribution is -2.36. The van der Waals surface area contributed by atoms with Crippen molar-refractivity contribution < 1.29 is 9.53 Å². The van der Waals surface area contributed by atoms with Gasteiger partial charge in [-0.25, -0.2) is 4.98 Å². The van der Waals surface area contributed by atoms with Gasteiger partial charge in [-0.15, -0.1) is 11.8 Å². The van der Waals surface area contributed by atoms with Crippen molar-refractivity contribution >= 4 is 23.3 Å². The molecule has 0 fully saturated rings. The van der Waals surface area contributed by atoms with E-state index in [4.69, 9.17) is 4.74 Å². The van der Waals surface area contributed by atoms with Gasteiger partial charge in [-0.1, -0.05) is 19.9 Å². The van der Waals surface area contributed by atoms with Crippen molar-refractivity contribution in [3.8, 4) is 0 Å².